The quantitative estimate of drug-likeness (QED) is 0.870. The number of halogens is 1. The van der Waals surface area contributed by atoms with Crippen molar-refractivity contribution in [1.29, 1.82) is 0 Å². The van der Waals surface area contributed by atoms with Gasteiger partial charge >= 0.3 is 5.97 Å². The highest BCUT2D eigenvalue weighted by Gasteiger charge is 2.33. The molecule has 2 saturated carbocycles. The summed E-state index contributed by atoms with van der Waals surface area (Å²) in [6, 6.07) is 6.10. The van der Waals surface area contributed by atoms with E-state index >= 15 is 0 Å². The second-order valence-electron chi connectivity index (χ2n) is 5.72. The zero-order valence-electron chi connectivity index (χ0n) is 10.8. The van der Waals surface area contributed by atoms with Crippen molar-refractivity contribution in [3.8, 4) is 0 Å². The van der Waals surface area contributed by atoms with Crippen LogP contribution in [-0.2, 0) is 6.54 Å². The number of rotatable bonds is 6. The Morgan fingerprint density at radius 2 is 2.05 bits per heavy atom. The summed E-state index contributed by atoms with van der Waals surface area (Å²) in [6.07, 6.45) is 5.39. The summed E-state index contributed by atoms with van der Waals surface area (Å²) in [4.78, 5) is 13.5. The summed E-state index contributed by atoms with van der Waals surface area (Å²) < 4.78 is 0.911. The fourth-order valence-corrected chi connectivity index (χ4v) is 2.95. The van der Waals surface area contributed by atoms with Gasteiger partial charge in [-0.3, -0.25) is 4.90 Å². The van der Waals surface area contributed by atoms with Gasteiger partial charge in [-0.15, -0.1) is 0 Å². The van der Waals surface area contributed by atoms with Crippen molar-refractivity contribution in [1.82, 2.24) is 4.90 Å². The summed E-state index contributed by atoms with van der Waals surface area (Å²) in [7, 11) is 0. The predicted molar refractivity (Wildman–Crippen MR) is 77.3 cm³/mol. The molecule has 2 aliphatic rings. The lowest BCUT2D eigenvalue weighted by Crippen LogP contribution is -2.28. The van der Waals surface area contributed by atoms with Gasteiger partial charge in [-0.2, -0.15) is 0 Å². The van der Waals surface area contributed by atoms with Gasteiger partial charge in [-0.1, -0.05) is 22.0 Å². The van der Waals surface area contributed by atoms with Crippen molar-refractivity contribution in [2.75, 3.05) is 6.54 Å². The topological polar surface area (TPSA) is 40.5 Å². The number of benzene rings is 1. The lowest BCUT2D eigenvalue weighted by molar-refractivity contribution is 0.0697. The molecule has 0 aliphatic heterocycles. The van der Waals surface area contributed by atoms with Crippen molar-refractivity contribution in [2.24, 2.45) is 5.92 Å². The van der Waals surface area contributed by atoms with Crippen molar-refractivity contribution >= 4 is 21.9 Å². The van der Waals surface area contributed by atoms with Gasteiger partial charge in [0.25, 0.3) is 0 Å². The van der Waals surface area contributed by atoms with Crippen LogP contribution in [0.4, 0.5) is 0 Å². The molecule has 0 heterocycles. The first kappa shape index (κ1) is 13.1. The average molecular weight is 324 g/mol. The minimum Gasteiger partial charge on any atom is -0.478 e. The van der Waals surface area contributed by atoms with Crippen molar-refractivity contribution < 1.29 is 9.90 Å². The first-order valence-electron chi connectivity index (χ1n) is 6.89. The van der Waals surface area contributed by atoms with Crippen LogP contribution in [0.25, 0.3) is 0 Å². The number of hydrogen-bond donors (Lipinski definition) is 1. The average Bonchev–Trinajstić information content (AvgIpc) is 3.24. The minimum absolute atomic E-state index is 0.343. The minimum atomic E-state index is -0.871. The third kappa shape index (κ3) is 3.37. The van der Waals surface area contributed by atoms with Crippen LogP contribution in [0, 0.1) is 5.92 Å². The fourth-order valence-electron chi connectivity index (χ4n) is 2.44. The predicted octanol–water partition coefficient (Wildman–Crippen LogP) is 3.52. The molecule has 0 amide bonds. The molecule has 0 bridgehead atoms. The van der Waals surface area contributed by atoms with E-state index in [1.54, 1.807) is 12.1 Å². The number of carboxylic acid groups (broad SMARTS) is 1. The smallest absolute Gasteiger partial charge is 0.335 e. The van der Waals surface area contributed by atoms with Crippen LogP contribution in [-0.4, -0.2) is 28.6 Å². The molecule has 1 aromatic rings. The summed E-state index contributed by atoms with van der Waals surface area (Å²) in [6.45, 7) is 2.14. The van der Waals surface area contributed by atoms with Gasteiger partial charge in [0.1, 0.15) is 0 Å². The first-order chi connectivity index (χ1) is 9.13. The molecular formula is C15H18BrNO2. The van der Waals surface area contributed by atoms with Gasteiger partial charge in [0.05, 0.1) is 5.56 Å². The van der Waals surface area contributed by atoms with Gasteiger partial charge in [-0.05, 0) is 49.3 Å². The molecule has 3 nitrogen and oxygen atoms in total. The molecule has 2 fully saturated rings. The second-order valence-corrected chi connectivity index (χ2v) is 6.57. The number of hydrogen-bond acceptors (Lipinski definition) is 2. The lowest BCUT2D eigenvalue weighted by Gasteiger charge is -2.22. The zero-order chi connectivity index (χ0) is 13.4. The van der Waals surface area contributed by atoms with Crippen molar-refractivity contribution in [3.63, 3.8) is 0 Å². The van der Waals surface area contributed by atoms with Crippen LogP contribution in [0.2, 0.25) is 0 Å². The second kappa shape index (κ2) is 5.25. The molecular weight excluding hydrogens is 306 g/mol. The maximum absolute atomic E-state index is 10.9. The third-order valence-corrected chi connectivity index (χ3v) is 4.66. The lowest BCUT2D eigenvalue weighted by atomic mass is 10.1. The molecule has 2 aliphatic carbocycles. The van der Waals surface area contributed by atoms with E-state index in [2.05, 4.69) is 20.8 Å². The Bertz CT molecular complexity index is 495. The molecule has 4 heteroatoms. The number of carboxylic acids is 1. The van der Waals surface area contributed by atoms with Crippen LogP contribution in [0.3, 0.4) is 0 Å². The van der Waals surface area contributed by atoms with Crippen LogP contribution in [0.1, 0.15) is 41.6 Å². The van der Waals surface area contributed by atoms with Gasteiger partial charge < -0.3 is 5.11 Å². The van der Waals surface area contributed by atoms with E-state index in [1.165, 1.54) is 37.8 Å². The molecule has 3 rings (SSSR count). The number of carbonyl (C=O) groups is 1. The molecule has 0 saturated heterocycles. The Morgan fingerprint density at radius 3 is 2.58 bits per heavy atom. The van der Waals surface area contributed by atoms with E-state index in [1.807, 2.05) is 6.07 Å². The first-order valence-corrected chi connectivity index (χ1v) is 7.68. The molecule has 0 unspecified atom stereocenters. The third-order valence-electron chi connectivity index (χ3n) is 3.93. The summed E-state index contributed by atoms with van der Waals surface area (Å²) in [5, 5.41) is 8.98. The van der Waals surface area contributed by atoms with Gasteiger partial charge in [0, 0.05) is 23.6 Å². The van der Waals surface area contributed by atoms with E-state index in [0.717, 1.165) is 23.0 Å². The fraction of sp³-hybridized carbons (Fsp3) is 0.533. The maximum Gasteiger partial charge on any atom is 0.335 e. The summed E-state index contributed by atoms with van der Waals surface area (Å²) in [5.74, 6) is 0.0296. The molecule has 102 valence electrons. The van der Waals surface area contributed by atoms with Crippen molar-refractivity contribution in [3.05, 3.63) is 33.8 Å². The zero-order valence-corrected chi connectivity index (χ0v) is 12.4. The molecule has 0 radical (unpaired) electrons. The molecule has 1 aromatic carbocycles. The normalized spacial score (nSPS) is 18.8. The Kier molecular flexibility index (Phi) is 3.63. The van der Waals surface area contributed by atoms with Gasteiger partial charge in [0.2, 0.25) is 0 Å². The van der Waals surface area contributed by atoms with Crippen LogP contribution < -0.4 is 0 Å². The number of nitrogens with zero attached hydrogens (tertiary/aromatic N) is 1. The Hall–Kier alpha value is -0.870. The summed E-state index contributed by atoms with van der Waals surface area (Å²) >= 11 is 3.51. The Labute approximate surface area is 121 Å². The highest BCUT2D eigenvalue weighted by Crippen LogP contribution is 2.36. The van der Waals surface area contributed by atoms with E-state index in [9.17, 15) is 4.79 Å². The molecule has 0 atom stereocenters. The highest BCUT2D eigenvalue weighted by molar-refractivity contribution is 9.10. The van der Waals surface area contributed by atoms with Crippen molar-refractivity contribution in [2.45, 2.75) is 38.3 Å². The molecule has 1 N–H and O–H groups in total. The van der Waals surface area contributed by atoms with Crippen LogP contribution in [0.5, 0.6) is 0 Å². The monoisotopic (exact) mass is 323 g/mol. The SMILES string of the molecule is O=C(O)c1ccc(CN(CC2CC2)C2CC2)c(Br)c1. The Morgan fingerprint density at radius 1 is 1.32 bits per heavy atom. The van der Waals surface area contributed by atoms with Gasteiger partial charge in [0.15, 0.2) is 0 Å². The van der Waals surface area contributed by atoms with E-state index < -0.39 is 5.97 Å². The number of aromatic carboxylic acids is 1. The molecule has 19 heavy (non-hydrogen) atoms. The Balaban J connectivity index is 1.71. The highest BCUT2D eigenvalue weighted by atomic mass is 79.9. The standard InChI is InChI=1S/C15H18BrNO2/c16-14-7-11(15(18)19)3-4-12(14)9-17(13-5-6-13)8-10-1-2-10/h3-4,7,10,13H,1-2,5-6,8-9H2,(H,18,19). The summed E-state index contributed by atoms with van der Waals surface area (Å²) in [5.41, 5.74) is 1.54. The maximum atomic E-state index is 10.9. The van der Waals surface area contributed by atoms with E-state index in [0.29, 0.717) is 5.56 Å². The van der Waals surface area contributed by atoms with E-state index in [-0.39, 0.29) is 0 Å². The largest absolute Gasteiger partial charge is 0.478 e. The van der Waals surface area contributed by atoms with Gasteiger partial charge in [-0.25, -0.2) is 4.79 Å². The molecule has 0 spiro atoms. The van der Waals surface area contributed by atoms with Crippen LogP contribution >= 0.6 is 15.9 Å². The molecule has 0 aromatic heterocycles. The van der Waals surface area contributed by atoms with Crippen LogP contribution in [0.15, 0.2) is 22.7 Å². The van der Waals surface area contributed by atoms with E-state index in [4.69, 9.17) is 5.11 Å².